The minimum Gasteiger partial charge on any atom is -0.264 e. The van der Waals surface area contributed by atoms with Crippen molar-refractivity contribution in [2.24, 2.45) is 0 Å². The predicted octanol–water partition coefficient (Wildman–Crippen LogP) is 4.03. The highest BCUT2D eigenvalue weighted by Gasteiger charge is 2.15. The maximum Gasteiger partial charge on any atom is 0.240 e. The van der Waals surface area contributed by atoms with Crippen LogP contribution in [0.4, 0.5) is 0 Å². The van der Waals surface area contributed by atoms with Crippen molar-refractivity contribution in [3.05, 3.63) is 63.8 Å². The molecule has 1 N–H and O–H groups in total. The molecule has 0 saturated heterocycles. The van der Waals surface area contributed by atoms with Gasteiger partial charge in [0, 0.05) is 36.3 Å². The number of rotatable bonds is 6. The molecule has 0 aliphatic carbocycles. The molecule has 0 aliphatic rings. The third kappa shape index (κ3) is 4.56. The predicted molar refractivity (Wildman–Crippen MR) is 101 cm³/mol. The maximum atomic E-state index is 12.3. The molecule has 0 fully saturated rings. The van der Waals surface area contributed by atoms with Crippen molar-refractivity contribution in [2.45, 2.75) is 11.3 Å². The van der Waals surface area contributed by atoms with Crippen LogP contribution in [0.15, 0.2) is 53.0 Å². The molecule has 0 unspecified atom stereocenters. The lowest BCUT2D eigenvalue weighted by atomic mass is 10.3. The number of hydrogen-bond acceptors (Lipinski definition) is 5. The Balaban J connectivity index is 1.63. The Labute approximate surface area is 159 Å². The molecule has 25 heavy (non-hydrogen) atoms. The van der Waals surface area contributed by atoms with Crippen molar-refractivity contribution in [1.82, 2.24) is 14.7 Å². The summed E-state index contributed by atoms with van der Waals surface area (Å²) in [7, 11) is -3.64. The molecular formula is C16H13Cl2N3O2S2. The number of thiazole rings is 1. The van der Waals surface area contributed by atoms with Crippen molar-refractivity contribution >= 4 is 44.6 Å². The van der Waals surface area contributed by atoms with Crippen molar-refractivity contribution in [1.29, 1.82) is 0 Å². The SMILES string of the molecule is O=S(=O)(NCCc1csc(-c2cccnc2)n1)c1ccc(Cl)c(Cl)c1. The van der Waals surface area contributed by atoms with E-state index < -0.39 is 10.0 Å². The van der Waals surface area contributed by atoms with Crippen LogP contribution in [-0.2, 0) is 16.4 Å². The lowest BCUT2D eigenvalue weighted by Crippen LogP contribution is -2.26. The number of pyridine rings is 1. The molecule has 9 heteroatoms. The van der Waals surface area contributed by atoms with Gasteiger partial charge in [-0.2, -0.15) is 0 Å². The summed E-state index contributed by atoms with van der Waals surface area (Å²) in [5.74, 6) is 0. The highest BCUT2D eigenvalue weighted by Crippen LogP contribution is 2.25. The molecule has 0 amide bonds. The van der Waals surface area contributed by atoms with Crippen LogP contribution in [0.5, 0.6) is 0 Å². The summed E-state index contributed by atoms with van der Waals surface area (Å²) in [6.45, 7) is 0.235. The van der Waals surface area contributed by atoms with Gasteiger partial charge in [0.25, 0.3) is 0 Å². The zero-order valence-electron chi connectivity index (χ0n) is 12.8. The number of aromatic nitrogens is 2. The molecule has 0 atom stereocenters. The van der Waals surface area contributed by atoms with Crippen LogP contribution in [0, 0.1) is 0 Å². The van der Waals surface area contributed by atoms with Crippen LogP contribution in [0.1, 0.15) is 5.69 Å². The Morgan fingerprint density at radius 3 is 2.72 bits per heavy atom. The molecule has 3 aromatic rings. The highest BCUT2D eigenvalue weighted by atomic mass is 35.5. The molecule has 5 nitrogen and oxygen atoms in total. The molecule has 0 bridgehead atoms. The Morgan fingerprint density at radius 2 is 2.00 bits per heavy atom. The van der Waals surface area contributed by atoms with E-state index in [1.165, 1.54) is 29.5 Å². The van der Waals surface area contributed by atoms with Gasteiger partial charge in [-0.1, -0.05) is 23.2 Å². The van der Waals surface area contributed by atoms with E-state index in [0.29, 0.717) is 11.4 Å². The third-order valence-electron chi connectivity index (χ3n) is 3.33. The summed E-state index contributed by atoms with van der Waals surface area (Å²) in [6.07, 6.45) is 3.93. The van der Waals surface area contributed by atoms with Gasteiger partial charge in [-0.05, 0) is 30.3 Å². The van der Waals surface area contributed by atoms with E-state index >= 15 is 0 Å². The summed E-state index contributed by atoms with van der Waals surface area (Å²) in [5, 5.41) is 3.28. The molecule has 0 saturated carbocycles. The van der Waals surface area contributed by atoms with Crippen molar-refractivity contribution in [3.8, 4) is 10.6 Å². The molecule has 1 aromatic carbocycles. The third-order valence-corrected chi connectivity index (χ3v) is 6.47. The zero-order chi connectivity index (χ0) is 17.9. The second-order valence-electron chi connectivity index (χ2n) is 5.11. The second-order valence-corrected chi connectivity index (χ2v) is 8.55. The van der Waals surface area contributed by atoms with Crippen molar-refractivity contribution in [2.75, 3.05) is 6.54 Å². The minimum atomic E-state index is -3.64. The second kappa shape index (κ2) is 7.80. The number of sulfonamides is 1. The summed E-state index contributed by atoms with van der Waals surface area (Å²) in [6, 6.07) is 7.99. The number of halogens is 2. The van der Waals surface area contributed by atoms with Crippen LogP contribution in [0.25, 0.3) is 10.6 Å². The van der Waals surface area contributed by atoms with Gasteiger partial charge in [0.2, 0.25) is 10.0 Å². The summed E-state index contributed by atoms with van der Waals surface area (Å²) in [5.41, 5.74) is 1.76. The maximum absolute atomic E-state index is 12.3. The largest absolute Gasteiger partial charge is 0.264 e. The van der Waals surface area contributed by atoms with Gasteiger partial charge >= 0.3 is 0 Å². The standard InChI is InChI=1S/C16H13Cl2N3O2S2/c17-14-4-3-13(8-15(14)18)25(22,23)20-7-5-12-10-24-16(21-12)11-2-1-6-19-9-11/h1-4,6,8-10,20H,5,7H2. The first-order chi connectivity index (χ1) is 12.0. The van der Waals surface area contributed by atoms with E-state index in [4.69, 9.17) is 23.2 Å². The smallest absolute Gasteiger partial charge is 0.240 e. The van der Waals surface area contributed by atoms with E-state index in [2.05, 4.69) is 14.7 Å². The topological polar surface area (TPSA) is 72.0 Å². The van der Waals surface area contributed by atoms with E-state index in [-0.39, 0.29) is 16.5 Å². The lowest BCUT2D eigenvalue weighted by Gasteiger charge is -2.07. The van der Waals surface area contributed by atoms with Gasteiger partial charge < -0.3 is 0 Å². The monoisotopic (exact) mass is 413 g/mol. The normalized spacial score (nSPS) is 11.6. The average molecular weight is 414 g/mol. The van der Waals surface area contributed by atoms with Gasteiger partial charge in [0.15, 0.2) is 0 Å². The molecule has 0 radical (unpaired) electrons. The Kier molecular flexibility index (Phi) is 5.71. The summed E-state index contributed by atoms with van der Waals surface area (Å²) in [4.78, 5) is 8.65. The van der Waals surface area contributed by atoms with E-state index in [1.807, 2.05) is 17.5 Å². The molecule has 0 aliphatic heterocycles. The fourth-order valence-corrected chi connectivity index (χ4v) is 4.35. The Bertz CT molecular complexity index is 976. The first-order valence-electron chi connectivity index (χ1n) is 7.25. The van der Waals surface area contributed by atoms with Gasteiger partial charge in [0.1, 0.15) is 5.01 Å². The number of benzene rings is 1. The van der Waals surface area contributed by atoms with Crippen LogP contribution in [0.2, 0.25) is 10.0 Å². The van der Waals surface area contributed by atoms with Gasteiger partial charge in [-0.25, -0.2) is 18.1 Å². The van der Waals surface area contributed by atoms with Crippen LogP contribution >= 0.6 is 34.5 Å². The lowest BCUT2D eigenvalue weighted by molar-refractivity contribution is 0.581. The molecule has 0 spiro atoms. The van der Waals surface area contributed by atoms with E-state index in [9.17, 15) is 8.42 Å². The number of nitrogens with one attached hydrogen (secondary N) is 1. The number of hydrogen-bond donors (Lipinski definition) is 1. The first kappa shape index (κ1) is 18.3. The molecular weight excluding hydrogens is 401 g/mol. The van der Waals surface area contributed by atoms with Crippen molar-refractivity contribution in [3.63, 3.8) is 0 Å². The van der Waals surface area contributed by atoms with Crippen molar-refractivity contribution < 1.29 is 8.42 Å². The first-order valence-corrected chi connectivity index (χ1v) is 10.4. The summed E-state index contributed by atoms with van der Waals surface area (Å²) >= 11 is 13.2. The van der Waals surface area contributed by atoms with Gasteiger partial charge in [-0.3, -0.25) is 4.98 Å². The Morgan fingerprint density at radius 1 is 1.16 bits per heavy atom. The van der Waals surface area contributed by atoms with Crippen LogP contribution in [-0.4, -0.2) is 24.9 Å². The van der Waals surface area contributed by atoms with E-state index in [0.717, 1.165) is 16.3 Å². The van der Waals surface area contributed by atoms with E-state index in [1.54, 1.807) is 12.4 Å². The fraction of sp³-hybridized carbons (Fsp3) is 0.125. The molecule has 3 rings (SSSR count). The van der Waals surface area contributed by atoms with Crippen LogP contribution < -0.4 is 4.72 Å². The fourth-order valence-electron chi connectivity index (χ4n) is 2.08. The Hall–Kier alpha value is -1.51. The van der Waals surface area contributed by atoms with Crippen LogP contribution in [0.3, 0.4) is 0 Å². The minimum absolute atomic E-state index is 0.0798. The molecule has 2 heterocycles. The summed E-state index contributed by atoms with van der Waals surface area (Å²) < 4.78 is 27.1. The average Bonchev–Trinajstić information content (AvgIpc) is 3.07. The van der Waals surface area contributed by atoms with Gasteiger partial charge in [-0.15, -0.1) is 11.3 Å². The molecule has 2 aromatic heterocycles. The quantitative estimate of drug-likeness (QED) is 0.661. The van der Waals surface area contributed by atoms with Gasteiger partial charge in [0.05, 0.1) is 20.6 Å². The zero-order valence-corrected chi connectivity index (χ0v) is 16.0. The number of nitrogens with zero attached hydrogens (tertiary/aromatic N) is 2. The highest BCUT2D eigenvalue weighted by molar-refractivity contribution is 7.89. The molecule has 130 valence electrons.